The first-order valence-electron chi connectivity index (χ1n) is 9.48. The van der Waals surface area contributed by atoms with E-state index in [1.807, 2.05) is 25.1 Å². The Labute approximate surface area is 183 Å². The van der Waals surface area contributed by atoms with E-state index in [1.165, 1.54) is 7.11 Å². The van der Waals surface area contributed by atoms with Crippen LogP contribution < -0.4 is 10.1 Å². The maximum atomic E-state index is 12.9. The Hall–Kier alpha value is -3.65. The van der Waals surface area contributed by atoms with Gasteiger partial charge in [0.1, 0.15) is 5.75 Å². The number of aryl methyl sites for hydroxylation is 3. The molecule has 0 saturated carbocycles. The quantitative estimate of drug-likeness (QED) is 0.483. The summed E-state index contributed by atoms with van der Waals surface area (Å²) in [6, 6.07) is 10.8. The van der Waals surface area contributed by atoms with Crippen molar-refractivity contribution in [2.75, 3.05) is 12.4 Å². The van der Waals surface area contributed by atoms with Gasteiger partial charge in [-0.15, -0.1) is 0 Å². The van der Waals surface area contributed by atoms with E-state index in [0.717, 1.165) is 16.8 Å². The van der Waals surface area contributed by atoms with E-state index in [0.29, 0.717) is 39.4 Å². The van der Waals surface area contributed by atoms with Crippen LogP contribution in [0, 0.1) is 20.8 Å². The number of nitrogens with one attached hydrogen (secondary N) is 1. The van der Waals surface area contributed by atoms with Crippen molar-refractivity contribution in [3.63, 3.8) is 0 Å². The fraction of sp³-hybridized carbons (Fsp3) is 0.182. The van der Waals surface area contributed by atoms with Gasteiger partial charge in [-0.1, -0.05) is 28.9 Å². The van der Waals surface area contributed by atoms with Crippen molar-refractivity contribution < 1.29 is 14.1 Å². The van der Waals surface area contributed by atoms with Crippen molar-refractivity contribution >= 4 is 23.2 Å². The van der Waals surface area contributed by atoms with Gasteiger partial charge < -0.3 is 14.6 Å². The summed E-state index contributed by atoms with van der Waals surface area (Å²) in [7, 11) is 1.54. The Morgan fingerprint density at radius 2 is 1.97 bits per heavy atom. The molecule has 0 radical (unpaired) electrons. The summed E-state index contributed by atoms with van der Waals surface area (Å²) in [5.41, 5.74) is 4.21. The number of halogens is 1. The van der Waals surface area contributed by atoms with Crippen LogP contribution in [0.1, 0.15) is 27.5 Å². The van der Waals surface area contributed by atoms with E-state index >= 15 is 0 Å². The van der Waals surface area contributed by atoms with Gasteiger partial charge in [-0.3, -0.25) is 4.79 Å². The minimum atomic E-state index is -0.285. The summed E-state index contributed by atoms with van der Waals surface area (Å²) in [5, 5.41) is 11.8. The van der Waals surface area contributed by atoms with Crippen LogP contribution in [0.3, 0.4) is 0 Å². The van der Waals surface area contributed by atoms with Gasteiger partial charge in [0.15, 0.2) is 0 Å². The first kappa shape index (κ1) is 20.6. The largest absolute Gasteiger partial charge is 0.495 e. The second kappa shape index (κ2) is 8.23. The van der Waals surface area contributed by atoms with Gasteiger partial charge in [-0.25, -0.2) is 4.68 Å². The molecule has 2 aromatic carbocycles. The van der Waals surface area contributed by atoms with Gasteiger partial charge >= 0.3 is 0 Å². The predicted molar refractivity (Wildman–Crippen MR) is 117 cm³/mol. The van der Waals surface area contributed by atoms with Crippen LogP contribution in [0.4, 0.5) is 5.69 Å². The van der Waals surface area contributed by atoms with E-state index in [1.54, 1.807) is 42.9 Å². The van der Waals surface area contributed by atoms with Crippen LogP contribution in [-0.2, 0) is 0 Å². The Kier molecular flexibility index (Phi) is 5.48. The number of nitrogens with zero attached hydrogens (tertiary/aromatic N) is 4. The zero-order chi connectivity index (χ0) is 22.1. The highest BCUT2D eigenvalue weighted by molar-refractivity contribution is 6.32. The van der Waals surface area contributed by atoms with Crippen LogP contribution in [0.25, 0.3) is 17.1 Å². The molecule has 4 aromatic rings. The molecule has 2 aromatic heterocycles. The molecule has 0 bridgehead atoms. The molecule has 0 unspecified atom stereocenters. The molecule has 0 aliphatic rings. The van der Waals surface area contributed by atoms with Crippen molar-refractivity contribution in [1.29, 1.82) is 0 Å². The first-order valence-corrected chi connectivity index (χ1v) is 9.86. The standard InChI is InChI=1S/C22H20ClN5O3/c1-12-5-6-15(21-24-14(3)31-27-21)9-19(12)28-11-17(13(2)26-28)22(29)25-16-7-8-20(30-4)18(23)10-16/h5-11H,1-4H3,(H,25,29). The molecule has 0 aliphatic carbocycles. The van der Waals surface area contributed by atoms with Crippen molar-refractivity contribution in [3.05, 3.63) is 70.3 Å². The highest BCUT2D eigenvalue weighted by Crippen LogP contribution is 2.28. The van der Waals surface area contributed by atoms with E-state index in [-0.39, 0.29) is 5.91 Å². The summed E-state index contributed by atoms with van der Waals surface area (Å²) in [6.45, 7) is 5.49. The van der Waals surface area contributed by atoms with Crippen molar-refractivity contribution in [2.24, 2.45) is 0 Å². The second-order valence-electron chi connectivity index (χ2n) is 7.01. The number of benzene rings is 2. The maximum absolute atomic E-state index is 12.9. The van der Waals surface area contributed by atoms with Crippen LogP contribution in [0.15, 0.2) is 47.1 Å². The van der Waals surface area contributed by atoms with E-state index in [4.69, 9.17) is 20.9 Å². The highest BCUT2D eigenvalue weighted by Gasteiger charge is 2.17. The average molecular weight is 438 g/mol. The summed E-state index contributed by atoms with van der Waals surface area (Å²) in [4.78, 5) is 17.1. The lowest BCUT2D eigenvalue weighted by Gasteiger charge is -2.08. The number of carbonyl (C=O) groups is 1. The number of aromatic nitrogens is 4. The molecule has 31 heavy (non-hydrogen) atoms. The van der Waals surface area contributed by atoms with Gasteiger partial charge in [-0.05, 0) is 43.7 Å². The van der Waals surface area contributed by atoms with Crippen molar-refractivity contribution in [2.45, 2.75) is 20.8 Å². The van der Waals surface area contributed by atoms with Crippen molar-refractivity contribution in [1.82, 2.24) is 19.9 Å². The van der Waals surface area contributed by atoms with Gasteiger partial charge in [-0.2, -0.15) is 10.1 Å². The molecule has 0 spiro atoms. The normalized spacial score (nSPS) is 10.9. The number of hydrogen-bond donors (Lipinski definition) is 1. The summed E-state index contributed by atoms with van der Waals surface area (Å²) in [5.74, 6) is 1.24. The second-order valence-corrected chi connectivity index (χ2v) is 7.42. The molecule has 8 nitrogen and oxygen atoms in total. The Bertz CT molecular complexity index is 1280. The third-order valence-corrected chi connectivity index (χ3v) is 5.09. The van der Waals surface area contributed by atoms with Crippen LogP contribution in [0.5, 0.6) is 5.75 Å². The average Bonchev–Trinajstić information content (AvgIpc) is 3.34. The number of methoxy groups -OCH3 is 1. The first-order chi connectivity index (χ1) is 14.9. The molecule has 0 atom stereocenters. The zero-order valence-electron chi connectivity index (χ0n) is 17.4. The summed E-state index contributed by atoms with van der Waals surface area (Å²) < 4.78 is 11.9. The Morgan fingerprint density at radius 1 is 1.16 bits per heavy atom. The molecular formula is C22H20ClN5O3. The minimum Gasteiger partial charge on any atom is -0.495 e. The molecule has 0 aliphatic heterocycles. The molecule has 4 rings (SSSR count). The molecule has 0 fully saturated rings. The monoisotopic (exact) mass is 437 g/mol. The molecule has 1 N–H and O–H groups in total. The maximum Gasteiger partial charge on any atom is 0.259 e. The number of anilines is 1. The topological polar surface area (TPSA) is 95.1 Å². The number of carbonyl (C=O) groups excluding carboxylic acids is 1. The minimum absolute atomic E-state index is 0.285. The number of rotatable bonds is 5. The lowest BCUT2D eigenvalue weighted by atomic mass is 10.1. The summed E-state index contributed by atoms with van der Waals surface area (Å²) >= 11 is 6.15. The number of amides is 1. The van der Waals surface area contributed by atoms with E-state index in [9.17, 15) is 4.79 Å². The molecule has 2 heterocycles. The van der Waals surface area contributed by atoms with Gasteiger partial charge in [0.25, 0.3) is 5.91 Å². The number of hydrogen-bond acceptors (Lipinski definition) is 6. The Morgan fingerprint density at radius 3 is 2.65 bits per heavy atom. The highest BCUT2D eigenvalue weighted by atomic mass is 35.5. The van der Waals surface area contributed by atoms with Gasteiger partial charge in [0, 0.05) is 24.4 Å². The SMILES string of the molecule is COc1ccc(NC(=O)c2cn(-c3cc(-c4noc(C)n4)ccc3C)nc2C)cc1Cl. The molecule has 9 heteroatoms. The van der Waals surface area contributed by atoms with E-state index in [2.05, 4.69) is 20.6 Å². The predicted octanol–water partition coefficient (Wildman–Crippen LogP) is 4.76. The molecule has 0 saturated heterocycles. The van der Waals surface area contributed by atoms with Crippen molar-refractivity contribution in [3.8, 4) is 22.8 Å². The lowest BCUT2D eigenvalue weighted by molar-refractivity contribution is 0.102. The fourth-order valence-corrected chi connectivity index (χ4v) is 3.42. The van der Waals surface area contributed by atoms with Crippen LogP contribution in [-0.4, -0.2) is 32.9 Å². The third kappa shape index (κ3) is 4.15. The molecule has 1 amide bonds. The van der Waals surface area contributed by atoms with Gasteiger partial charge in [0.2, 0.25) is 11.7 Å². The fourth-order valence-electron chi connectivity index (χ4n) is 3.16. The zero-order valence-corrected chi connectivity index (χ0v) is 18.2. The van der Waals surface area contributed by atoms with E-state index < -0.39 is 0 Å². The smallest absolute Gasteiger partial charge is 0.259 e. The Balaban J connectivity index is 1.63. The summed E-state index contributed by atoms with van der Waals surface area (Å²) in [6.07, 6.45) is 1.70. The van der Waals surface area contributed by atoms with Crippen LogP contribution in [0.2, 0.25) is 5.02 Å². The molecule has 158 valence electrons. The number of ether oxygens (including phenoxy) is 1. The van der Waals surface area contributed by atoms with Gasteiger partial charge in [0.05, 0.1) is 29.1 Å². The molecular weight excluding hydrogens is 418 g/mol. The van der Waals surface area contributed by atoms with Crippen LogP contribution >= 0.6 is 11.6 Å². The lowest BCUT2D eigenvalue weighted by Crippen LogP contribution is -2.12. The third-order valence-electron chi connectivity index (χ3n) is 4.79.